The molecule has 1 heterocycles. The summed E-state index contributed by atoms with van der Waals surface area (Å²) in [7, 11) is 0. The predicted molar refractivity (Wildman–Crippen MR) is 75.7 cm³/mol. The molecule has 0 saturated carbocycles. The third kappa shape index (κ3) is 2.73. The molecule has 0 amide bonds. The molecule has 5 nitrogen and oxygen atoms in total. The lowest BCUT2D eigenvalue weighted by Crippen LogP contribution is -2.08. The van der Waals surface area contributed by atoms with Gasteiger partial charge in [0.1, 0.15) is 16.4 Å². The SMILES string of the molecule is CSc1nn(Cc2cccc(C)c2)c(N)c1C(=O)O. The molecular weight excluding hydrogens is 262 g/mol. The number of benzene rings is 1. The van der Waals surface area contributed by atoms with Crippen molar-refractivity contribution >= 4 is 23.5 Å². The first-order valence-electron chi connectivity index (χ1n) is 5.72. The zero-order valence-corrected chi connectivity index (χ0v) is 11.6. The van der Waals surface area contributed by atoms with Crippen LogP contribution in [0.1, 0.15) is 21.5 Å². The van der Waals surface area contributed by atoms with Crippen molar-refractivity contribution in [2.75, 3.05) is 12.0 Å². The number of thioether (sulfide) groups is 1. The molecule has 0 unspecified atom stereocenters. The highest BCUT2D eigenvalue weighted by molar-refractivity contribution is 7.98. The van der Waals surface area contributed by atoms with Gasteiger partial charge in [0, 0.05) is 0 Å². The minimum atomic E-state index is -1.04. The van der Waals surface area contributed by atoms with Crippen molar-refractivity contribution in [1.82, 2.24) is 9.78 Å². The van der Waals surface area contributed by atoms with Gasteiger partial charge < -0.3 is 10.8 Å². The quantitative estimate of drug-likeness (QED) is 0.838. The van der Waals surface area contributed by atoms with Crippen LogP contribution >= 0.6 is 11.8 Å². The Balaban J connectivity index is 2.38. The van der Waals surface area contributed by atoms with Crippen molar-refractivity contribution in [1.29, 1.82) is 0 Å². The third-order valence-electron chi connectivity index (χ3n) is 2.78. The lowest BCUT2D eigenvalue weighted by atomic mass is 10.1. The van der Waals surface area contributed by atoms with E-state index in [1.807, 2.05) is 31.2 Å². The highest BCUT2D eigenvalue weighted by atomic mass is 32.2. The Labute approximate surface area is 115 Å². The lowest BCUT2D eigenvalue weighted by molar-refractivity contribution is 0.0694. The van der Waals surface area contributed by atoms with Crippen molar-refractivity contribution in [2.24, 2.45) is 0 Å². The van der Waals surface area contributed by atoms with Crippen LogP contribution in [0.15, 0.2) is 29.3 Å². The van der Waals surface area contributed by atoms with Crippen LogP contribution in [0.2, 0.25) is 0 Å². The molecule has 0 spiro atoms. The fourth-order valence-electron chi connectivity index (χ4n) is 1.90. The Morgan fingerprint density at radius 3 is 2.79 bits per heavy atom. The maximum absolute atomic E-state index is 11.2. The van der Waals surface area contributed by atoms with Gasteiger partial charge >= 0.3 is 5.97 Å². The van der Waals surface area contributed by atoms with Crippen molar-refractivity contribution in [3.8, 4) is 0 Å². The Kier molecular flexibility index (Phi) is 3.80. The summed E-state index contributed by atoms with van der Waals surface area (Å²) >= 11 is 1.28. The fraction of sp³-hybridized carbons (Fsp3) is 0.231. The normalized spacial score (nSPS) is 10.6. The summed E-state index contributed by atoms with van der Waals surface area (Å²) in [6.07, 6.45) is 1.78. The number of nitrogens with two attached hydrogens (primary N) is 1. The van der Waals surface area contributed by atoms with Crippen molar-refractivity contribution in [3.63, 3.8) is 0 Å². The minimum Gasteiger partial charge on any atom is -0.477 e. The number of rotatable bonds is 4. The smallest absolute Gasteiger partial charge is 0.342 e. The van der Waals surface area contributed by atoms with Gasteiger partial charge in [-0.3, -0.25) is 0 Å². The number of carboxylic acid groups (broad SMARTS) is 1. The van der Waals surface area contributed by atoms with E-state index in [0.29, 0.717) is 11.6 Å². The molecular formula is C13H15N3O2S. The number of hydrogen-bond donors (Lipinski definition) is 2. The highest BCUT2D eigenvalue weighted by Crippen LogP contribution is 2.25. The number of nitrogen functional groups attached to an aromatic ring is 1. The predicted octanol–water partition coefficient (Wildman–Crippen LogP) is 2.24. The van der Waals surface area contributed by atoms with Gasteiger partial charge in [0.25, 0.3) is 0 Å². The fourth-order valence-corrected chi connectivity index (χ4v) is 2.48. The van der Waals surface area contributed by atoms with Gasteiger partial charge in [0.05, 0.1) is 6.54 Å². The van der Waals surface area contributed by atoms with Crippen molar-refractivity contribution in [2.45, 2.75) is 18.5 Å². The van der Waals surface area contributed by atoms with Gasteiger partial charge in [-0.05, 0) is 18.7 Å². The molecule has 100 valence electrons. The van der Waals surface area contributed by atoms with E-state index in [1.165, 1.54) is 16.4 Å². The lowest BCUT2D eigenvalue weighted by Gasteiger charge is -2.05. The highest BCUT2D eigenvalue weighted by Gasteiger charge is 2.21. The number of aromatic carboxylic acids is 1. The van der Waals surface area contributed by atoms with E-state index < -0.39 is 5.97 Å². The molecule has 0 aliphatic heterocycles. The number of aromatic nitrogens is 2. The molecule has 19 heavy (non-hydrogen) atoms. The van der Waals surface area contributed by atoms with E-state index in [4.69, 9.17) is 10.8 Å². The van der Waals surface area contributed by atoms with Gasteiger partial charge in [-0.1, -0.05) is 29.8 Å². The molecule has 0 aliphatic rings. The average Bonchev–Trinajstić information content (AvgIpc) is 2.66. The second-order valence-electron chi connectivity index (χ2n) is 4.22. The molecule has 0 aliphatic carbocycles. The topological polar surface area (TPSA) is 81.1 Å². The maximum Gasteiger partial charge on any atom is 0.342 e. The van der Waals surface area contributed by atoms with Gasteiger partial charge in [-0.15, -0.1) is 11.8 Å². The van der Waals surface area contributed by atoms with Crippen LogP contribution in [0, 0.1) is 6.92 Å². The Hall–Kier alpha value is -1.95. The first-order valence-corrected chi connectivity index (χ1v) is 6.94. The maximum atomic E-state index is 11.2. The van der Waals surface area contributed by atoms with Gasteiger partial charge in [0.15, 0.2) is 0 Å². The largest absolute Gasteiger partial charge is 0.477 e. The average molecular weight is 277 g/mol. The standard InChI is InChI=1S/C13H15N3O2S/c1-8-4-3-5-9(6-8)7-16-11(14)10(13(17)18)12(15-16)19-2/h3-6H,7,14H2,1-2H3,(H,17,18). The molecule has 2 rings (SSSR count). The Morgan fingerprint density at radius 2 is 2.26 bits per heavy atom. The van der Waals surface area contributed by atoms with Crippen LogP contribution in [0.5, 0.6) is 0 Å². The first-order chi connectivity index (χ1) is 9.02. The molecule has 3 N–H and O–H groups in total. The van der Waals surface area contributed by atoms with E-state index >= 15 is 0 Å². The van der Waals surface area contributed by atoms with Crippen LogP contribution < -0.4 is 5.73 Å². The molecule has 1 aromatic carbocycles. The monoisotopic (exact) mass is 277 g/mol. The second-order valence-corrected chi connectivity index (χ2v) is 5.02. The number of nitrogens with zero attached hydrogens (tertiary/aromatic N) is 2. The summed E-state index contributed by atoms with van der Waals surface area (Å²) in [5.41, 5.74) is 8.14. The first kappa shape index (κ1) is 13.5. The summed E-state index contributed by atoms with van der Waals surface area (Å²) < 4.78 is 1.53. The Morgan fingerprint density at radius 1 is 1.53 bits per heavy atom. The van der Waals surface area contributed by atoms with Gasteiger partial charge in [-0.2, -0.15) is 5.10 Å². The number of carbonyl (C=O) groups is 1. The third-order valence-corrected chi connectivity index (χ3v) is 3.45. The van der Waals surface area contributed by atoms with Crippen LogP contribution in [0.25, 0.3) is 0 Å². The van der Waals surface area contributed by atoms with E-state index in [-0.39, 0.29) is 11.4 Å². The zero-order valence-electron chi connectivity index (χ0n) is 10.8. The van der Waals surface area contributed by atoms with Crippen molar-refractivity contribution in [3.05, 3.63) is 41.0 Å². The molecule has 0 bridgehead atoms. The minimum absolute atomic E-state index is 0.0835. The Bertz CT molecular complexity index is 622. The number of carboxylic acids is 1. The van der Waals surface area contributed by atoms with Crippen LogP contribution in [0.4, 0.5) is 5.82 Å². The zero-order chi connectivity index (χ0) is 14.0. The van der Waals surface area contributed by atoms with Gasteiger partial charge in [0.2, 0.25) is 0 Å². The molecule has 6 heteroatoms. The van der Waals surface area contributed by atoms with Crippen molar-refractivity contribution < 1.29 is 9.90 Å². The van der Waals surface area contributed by atoms with E-state index in [9.17, 15) is 4.79 Å². The summed E-state index contributed by atoms with van der Waals surface area (Å²) in [6, 6.07) is 7.96. The van der Waals surface area contributed by atoms with E-state index in [0.717, 1.165) is 11.1 Å². The summed E-state index contributed by atoms with van der Waals surface area (Å²) in [5.74, 6) is -0.851. The van der Waals surface area contributed by atoms with E-state index in [1.54, 1.807) is 6.26 Å². The molecule has 0 fully saturated rings. The summed E-state index contributed by atoms with van der Waals surface area (Å²) in [4.78, 5) is 11.2. The second kappa shape index (κ2) is 5.36. The molecule has 0 saturated heterocycles. The molecule has 0 atom stereocenters. The van der Waals surface area contributed by atoms with Gasteiger partial charge in [-0.25, -0.2) is 9.48 Å². The number of anilines is 1. The van der Waals surface area contributed by atoms with Crippen LogP contribution in [0.3, 0.4) is 0 Å². The van der Waals surface area contributed by atoms with Crippen LogP contribution in [-0.4, -0.2) is 27.1 Å². The number of aryl methyl sites for hydroxylation is 1. The molecule has 0 radical (unpaired) electrons. The number of hydrogen-bond acceptors (Lipinski definition) is 4. The molecule has 2 aromatic rings. The summed E-state index contributed by atoms with van der Waals surface area (Å²) in [6.45, 7) is 2.47. The van der Waals surface area contributed by atoms with E-state index in [2.05, 4.69) is 5.10 Å². The molecule has 1 aromatic heterocycles. The summed E-state index contributed by atoms with van der Waals surface area (Å²) in [5, 5.41) is 13.8. The van der Waals surface area contributed by atoms with Crippen LogP contribution in [-0.2, 0) is 6.54 Å².